The van der Waals surface area contributed by atoms with Gasteiger partial charge in [-0.1, -0.05) is 36.4 Å². The third-order valence-corrected chi connectivity index (χ3v) is 4.70. The normalized spacial score (nSPS) is 12.7. The van der Waals surface area contributed by atoms with Crippen LogP contribution in [0.5, 0.6) is 11.5 Å². The van der Waals surface area contributed by atoms with E-state index in [0.717, 1.165) is 11.1 Å². The Hall–Kier alpha value is -3.66. The Balaban J connectivity index is 1.60. The van der Waals surface area contributed by atoms with Gasteiger partial charge in [-0.25, -0.2) is 0 Å². The Morgan fingerprint density at radius 3 is 2.57 bits per heavy atom. The Kier molecular flexibility index (Phi) is 4.77. The van der Waals surface area contributed by atoms with E-state index in [1.165, 1.54) is 6.08 Å². The second-order valence-electron chi connectivity index (χ2n) is 6.46. The lowest BCUT2D eigenvalue weighted by atomic mass is 9.97. The summed E-state index contributed by atoms with van der Waals surface area (Å²) in [6.45, 7) is 0.361. The average Bonchev–Trinajstić information content (AvgIpc) is 2.89. The lowest BCUT2D eigenvalue weighted by Crippen LogP contribution is -2.02. The molecular formula is C24H18O4. The molecule has 0 amide bonds. The molecule has 0 N–H and O–H groups in total. The van der Waals surface area contributed by atoms with Crippen molar-refractivity contribution >= 4 is 17.6 Å². The smallest absolute Gasteiger partial charge is 0.197 e. The number of allylic oxidation sites excluding steroid dienone is 1. The summed E-state index contributed by atoms with van der Waals surface area (Å²) in [5, 5.41) is 0. The van der Waals surface area contributed by atoms with Gasteiger partial charge in [-0.3, -0.25) is 9.59 Å². The summed E-state index contributed by atoms with van der Waals surface area (Å²) in [5.41, 5.74) is 3.35. The van der Waals surface area contributed by atoms with Crippen LogP contribution in [0.2, 0.25) is 0 Å². The summed E-state index contributed by atoms with van der Waals surface area (Å²) < 4.78 is 10.9. The molecule has 0 bridgehead atoms. The second-order valence-corrected chi connectivity index (χ2v) is 6.46. The molecule has 1 aliphatic heterocycles. The van der Waals surface area contributed by atoms with E-state index in [9.17, 15) is 9.59 Å². The largest absolute Gasteiger partial charge is 0.497 e. The minimum absolute atomic E-state index is 0.0696. The maximum atomic E-state index is 12.9. The lowest BCUT2D eigenvalue weighted by Gasteiger charge is -2.06. The first kappa shape index (κ1) is 17.7. The van der Waals surface area contributed by atoms with Crippen molar-refractivity contribution in [3.63, 3.8) is 0 Å². The van der Waals surface area contributed by atoms with Gasteiger partial charge >= 0.3 is 0 Å². The molecule has 0 fully saturated rings. The van der Waals surface area contributed by atoms with E-state index >= 15 is 0 Å². The molecule has 0 spiro atoms. The van der Waals surface area contributed by atoms with E-state index < -0.39 is 0 Å². The first-order valence-corrected chi connectivity index (χ1v) is 8.91. The molecule has 0 radical (unpaired) electrons. The van der Waals surface area contributed by atoms with Gasteiger partial charge in [-0.2, -0.15) is 0 Å². The summed E-state index contributed by atoms with van der Waals surface area (Å²) in [4.78, 5) is 25.3. The highest BCUT2D eigenvalue weighted by Gasteiger charge is 2.21. The number of hydrogen-bond acceptors (Lipinski definition) is 4. The van der Waals surface area contributed by atoms with Crippen LogP contribution in [0.4, 0.5) is 0 Å². The quantitative estimate of drug-likeness (QED) is 0.493. The SMILES string of the molecule is COc1ccc(C(=O)/C=C/c2ccc3c(c2)C(=O)c2ccccc2CO3)cc1. The minimum atomic E-state index is -0.120. The first-order chi connectivity index (χ1) is 13.7. The third-order valence-electron chi connectivity index (χ3n) is 4.70. The summed E-state index contributed by atoms with van der Waals surface area (Å²) in [7, 11) is 1.58. The van der Waals surface area contributed by atoms with Gasteiger partial charge in [0.25, 0.3) is 0 Å². The van der Waals surface area contributed by atoms with Gasteiger partial charge in [0.15, 0.2) is 11.6 Å². The number of fused-ring (bicyclic) bond motifs is 2. The van der Waals surface area contributed by atoms with Crippen molar-refractivity contribution in [2.24, 2.45) is 0 Å². The fourth-order valence-corrected chi connectivity index (χ4v) is 3.15. The third kappa shape index (κ3) is 3.45. The van der Waals surface area contributed by atoms with Crippen LogP contribution < -0.4 is 9.47 Å². The van der Waals surface area contributed by atoms with E-state index in [2.05, 4.69) is 0 Å². The van der Waals surface area contributed by atoms with Crippen molar-refractivity contribution < 1.29 is 19.1 Å². The van der Waals surface area contributed by atoms with Crippen LogP contribution in [0, 0.1) is 0 Å². The van der Waals surface area contributed by atoms with Crippen molar-refractivity contribution in [1.29, 1.82) is 0 Å². The maximum Gasteiger partial charge on any atom is 0.197 e. The van der Waals surface area contributed by atoms with Crippen molar-refractivity contribution in [2.75, 3.05) is 7.11 Å². The molecule has 4 nitrogen and oxygen atoms in total. The van der Waals surface area contributed by atoms with Crippen molar-refractivity contribution in [3.8, 4) is 11.5 Å². The van der Waals surface area contributed by atoms with Crippen LogP contribution in [-0.2, 0) is 6.61 Å². The lowest BCUT2D eigenvalue weighted by molar-refractivity contribution is 0.103. The van der Waals surface area contributed by atoms with E-state index in [0.29, 0.717) is 34.8 Å². The molecule has 4 heteroatoms. The van der Waals surface area contributed by atoms with Crippen LogP contribution in [-0.4, -0.2) is 18.7 Å². The first-order valence-electron chi connectivity index (χ1n) is 8.91. The molecule has 0 unspecified atom stereocenters. The fraction of sp³-hybridized carbons (Fsp3) is 0.0833. The Morgan fingerprint density at radius 2 is 1.79 bits per heavy atom. The molecule has 0 aromatic heterocycles. The highest BCUT2D eigenvalue weighted by Crippen LogP contribution is 2.29. The highest BCUT2D eigenvalue weighted by atomic mass is 16.5. The van der Waals surface area contributed by atoms with Gasteiger partial charge in [0, 0.05) is 16.7 Å². The molecule has 4 rings (SSSR count). The highest BCUT2D eigenvalue weighted by molar-refractivity contribution is 6.12. The van der Waals surface area contributed by atoms with Crippen LogP contribution in [0.25, 0.3) is 6.08 Å². The number of ketones is 2. The average molecular weight is 370 g/mol. The predicted molar refractivity (Wildman–Crippen MR) is 107 cm³/mol. The summed E-state index contributed by atoms with van der Waals surface area (Å²) >= 11 is 0. The Bertz CT molecular complexity index is 1080. The van der Waals surface area contributed by atoms with Crippen molar-refractivity contribution in [3.05, 3.63) is 101 Å². The van der Waals surface area contributed by atoms with Gasteiger partial charge in [0.05, 0.1) is 12.7 Å². The minimum Gasteiger partial charge on any atom is -0.497 e. The zero-order valence-corrected chi connectivity index (χ0v) is 15.3. The molecule has 0 aliphatic carbocycles. The molecule has 1 heterocycles. The number of methoxy groups -OCH3 is 1. The fourth-order valence-electron chi connectivity index (χ4n) is 3.15. The van der Waals surface area contributed by atoms with Crippen LogP contribution in [0.3, 0.4) is 0 Å². The summed E-state index contributed by atoms with van der Waals surface area (Å²) in [5.74, 6) is 1.07. The van der Waals surface area contributed by atoms with Gasteiger partial charge < -0.3 is 9.47 Å². The zero-order chi connectivity index (χ0) is 19.5. The topological polar surface area (TPSA) is 52.6 Å². The standard InChI is InChI=1S/C24H18O4/c1-27-19-10-8-17(9-11-19)22(25)12-6-16-7-13-23-21(14-16)24(26)20-5-3-2-4-18(20)15-28-23/h2-14H,15H2,1H3/b12-6+. The second kappa shape index (κ2) is 7.53. The number of carbonyl (C=O) groups excluding carboxylic acids is 2. The maximum absolute atomic E-state index is 12.9. The van der Waals surface area contributed by atoms with Gasteiger partial charge in [0.2, 0.25) is 0 Å². The van der Waals surface area contributed by atoms with Crippen molar-refractivity contribution in [2.45, 2.75) is 6.61 Å². The Labute approximate surface area is 163 Å². The molecule has 0 saturated carbocycles. The molecule has 1 aliphatic rings. The van der Waals surface area contributed by atoms with Crippen molar-refractivity contribution in [1.82, 2.24) is 0 Å². The number of hydrogen-bond donors (Lipinski definition) is 0. The number of ether oxygens (including phenoxy) is 2. The summed E-state index contributed by atoms with van der Waals surface area (Å²) in [6.07, 6.45) is 3.20. The molecule has 138 valence electrons. The number of rotatable bonds is 4. The number of carbonyl (C=O) groups is 2. The number of benzene rings is 3. The van der Waals surface area contributed by atoms with E-state index in [1.807, 2.05) is 30.3 Å². The van der Waals surface area contributed by atoms with Gasteiger partial charge in [0.1, 0.15) is 18.1 Å². The molecule has 3 aromatic carbocycles. The van der Waals surface area contributed by atoms with Gasteiger partial charge in [-0.15, -0.1) is 0 Å². The molecular weight excluding hydrogens is 352 g/mol. The van der Waals surface area contributed by atoms with E-state index in [4.69, 9.17) is 9.47 Å². The summed E-state index contributed by atoms with van der Waals surface area (Å²) in [6, 6.07) is 19.7. The van der Waals surface area contributed by atoms with Crippen LogP contribution in [0.1, 0.15) is 37.4 Å². The molecule has 0 atom stereocenters. The van der Waals surface area contributed by atoms with Crippen LogP contribution >= 0.6 is 0 Å². The molecule has 0 saturated heterocycles. The predicted octanol–water partition coefficient (Wildman–Crippen LogP) is 4.71. The van der Waals surface area contributed by atoms with Gasteiger partial charge in [-0.05, 0) is 48.0 Å². The van der Waals surface area contributed by atoms with E-state index in [-0.39, 0.29) is 11.6 Å². The van der Waals surface area contributed by atoms with E-state index in [1.54, 1.807) is 49.6 Å². The molecule has 3 aromatic rings. The monoisotopic (exact) mass is 370 g/mol. The molecule has 28 heavy (non-hydrogen) atoms. The van der Waals surface area contributed by atoms with Crippen LogP contribution in [0.15, 0.2) is 72.8 Å². The Morgan fingerprint density at radius 1 is 1.00 bits per heavy atom. The zero-order valence-electron chi connectivity index (χ0n) is 15.3.